The van der Waals surface area contributed by atoms with E-state index in [2.05, 4.69) is 15.7 Å². The van der Waals surface area contributed by atoms with E-state index in [1.54, 1.807) is 42.5 Å². The van der Waals surface area contributed by atoms with Crippen LogP contribution in [0.5, 0.6) is 0 Å². The second-order valence-corrected chi connectivity index (χ2v) is 6.09. The summed E-state index contributed by atoms with van der Waals surface area (Å²) in [4.78, 5) is 12.4. The summed E-state index contributed by atoms with van der Waals surface area (Å²) in [5.41, 5.74) is 1.54. The van der Waals surface area contributed by atoms with E-state index in [9.17, 15) is 4.79 Å². The second-order valence-electron chi connectivity index (χ2n) is 5.68. The topological polar surface area (TPSA) is 81.3 Å². The monoisotopic (exact) mass is 374 g/mol. The molecule has 0 radical (unpaired) electrons. The molecule has 7 nitrogen and oxygen atoms in total. The first kappa shape index (κ1) is 18.0. The summed E-state index contributed by atoms with van der Waals surface area (Å²) >= 11 is 6.20. The Morgan fingerprint density at radius 1 is 1.35 bits per heavy atom. The highest BCUT2D eigenvalue weighted by atomic mass is 35.5. The molecule has 0 aliphatic heterocycles. The van der Waals surface area contributed by atoms with Crippen molar-refractivity contribution in [1.82, 2.24) is 15.1 Å². The van der Waals surface area contributed by atoms with Gasteiger partial charge in [-0.1, -0.05) is 23.7 Å². The number of urea groups is 1. The van der Waals surface area contributed by atoms with E-state index in [-0.39, 0.29) is 6.61 Å². The molecule has 2 heterocycles. The van der Waals surface area contributed by atoms with Gasteiger partial charge in [0, 0.05) is 18.9 Å². The van der Waals surface area contributed by atoms with Crippen molar-refractivity contribution in [3.05, 3.63) is 65.2 Å². The maximum absolute atomic E-state index is 12.4. The molecule has 1 atom stereocenters. The number of carbonyl (C=O) groups excluding carboxylic acids is 1. The van der Waals surface area contributed by atoms with Gasteiger partial charge in [0.15, 0.2) is 5.82 Å². The number of furan rings is 1. The van der Waals surface area contributed by atoms with Crippen molar-refractivity contribution in [1.29, 1.82) is 0 Å². The van der Waals surface area contributed by atoms with Gasteiger partial charge < -0.3 is 14.5 Å². The van der Waals surface area contributed by atoms with Gasteiger partial charge >= 0.3 is 6.03 Å². The van der Waals surface area contributed by atoms with Crippen LogP contribution in [0.25, 0.3) is 5.69 Å². The molecule has 0 aliphatic rings. The zero-order valence-corrected chi connectivity index (χ0v) is 15.2. The standard InChI is InChI=1S/C18H19ClN4O3/c1-12-10-23(15-7-4-3-6-13(15)19)22-17(12)21-18(24)20-14(11-25-2)16-8-5-9-26-16/h3-10,14H,11H2,1-2H3,(H2,20,21,22,24). The molecule has 136 valence electrons. The molecule has 1 unspecified atom stereocenters. The summed E-state index contributed by atoms with van der Waals surface area (Å²) in [5, 5.41) is 10.5. The van der Waals surface area contributed by atoms with Gasteiger partial charge in [0.2, 0.25) is 0 Å². The predicted molar refractivity (Wildman–Crippen MR) is 98.8 cm³/mol. The van der Waals surface area contributed by atoms with Crippen LogP contribution in [-0.2, 0) is 4.74 Å². The van der Waals surface area contributed by atoms with Gasteiger partial charge in [-0.25, -0.2) is 9.48 Å². The van der Waals surface area contributed by atoms with Crippen molar-refractivity contribution >= 4 is 23.4 Å². The summed E-state index contributed by atoms with van der Waals surface area (Å²) in [7, 11) is 1.56. The highest BCUT2D eigenvalue weighted by Gasteiger charge is 2.18. The van der Waals surface area contributed by atoms with E-state index in [0.717, 1.165) is 11.3 Å². The Bertz CT molecular complexity index is 876. The van der Waals surface area contributed by atoms with Crippen molar-refractivity contribution in [3.63, 3.8) is 0 Å². The number of halogens is 1. The molecule has 3 rings (SSSR count). The van der Waals surface area contributed by atoms with Gasteiger partial charge in [-0.15, -0.1) is 5.10 Å². The number of nitrogens with one attached hydrogen (secondary N) is 2. The molecule has 8 heteroatoms. The number of nitrogens with zero attached hydrogens (tertiary/aromatic N) is 2. The average molecular weight is 375 g/mol. The first-order valence-electron chi connectivity index (χ1n) is 7.99. The Kier molecular flexibility index (Phi) is 5.60. The summed E-state index contributed by atoms with van der Waals surface area (Å²) in [6.45, 7) is 2.14. The minimum Gasteiger partial charge on any atom is -0.467 e. The molecule has 2 amide bonds. The predicted octanol–water partition coefficient (Wildman–Crippen LogP) is 3.94. The summed E-state index contributed by atoms with van der Waals surface area (Å²) in [6.07, 6.45) is 3.35. The smallest absolute Gasteiger partial charge is 0.321 e. The van der Waals surface area contributed by atoms with Crippen LogP contribution >= 0.6 is 11.6 Å². The number of methoxy groups -OCH3 is 1. The minimum absolute atomic E-state index is 0.286. The van der Waals surface area contributed by atoms with Crippen molar-refractivity contribution < 1.29 is 13.9 Å². The molecule has 26 heavy (non-hydrogen) atoms. The largest absolute Gasteiger partial charge is 0.467 e. The Hall–Kier alpha value is -2.77. The lowest BCUT2D eigenvalue weighted by atomic mass is 10.2. The molecule has 0 fully saturated rings. The molecule has 0 saturated heterocycles. The number of anilines is 1. The lowest BCUT2D eigenvalue weighted by Gasteiger charge is -2.15. The Morgan fingerprint density at radius 2 is 2.15 bits per heavy atom. The minimum atomic E-state index is -0.407. The van der Waals surface area contributed by atoms with Crippen LogP contribution in [0.15, 0.2) is 53.3 Å². The van der Waals surface area contributed by atoms with Gasteiger partial charge in [-0.05, 0) is 31.2 Å². The SMILES string of the molecule is COCC(NC(=O)Nc1nn(-c2ccccc2Cl)cc1C)c1ccco1. The van der Waals surface area contributed by atoms with E-state index >= 15 is 0 Å². The number of ether oxygens (including phenoxy) is 1. The fourth-order valence-corrected chi connectivity index (χ4v) is 2.72. The van der Waals surface area contributed by atoms with Gasteiger partial charge in [0.05, 0.1) is 23.6 Å². The van der Waals surface area contributed by atoms with Crippen molar-refractivity contribution in [2.75, 3.05) is 19.0 Å². The number of carbonyl (C=O) groups is 1. The van der Waals surface area contributed by atoms with Crippen molar-refractivity contribution in [2.24, 2.45) is 0 Å². The first-order chi connectivity index (χ1) is 12.6. The van der Waals surface area contributed by atoms with E-state index in [4.69, 9.17) is 20.8 Å². The third kappa shape index (κ3) is 4.07. The molecule has 3 aromatic rings. The van der Waals surface area contributed by atoms with Gasteiger partial charge in [-0.2, -0.15) is 0 Å². The zero-order chi connectivity index (χ0) is 18.5. The Morgan fingerprint density at radius 3 is 2.85 bits per heavy atom. The average Bonchev–Trinajstić information content (AvgIpc) is 3.26. The molecular weight excluding hydrogens is 356 g/mol. The summed E-state index contributed by atoms with van der Waals surface area (Å²) in [5.74, 6) is 1.05. The highest BCUT2D eigenvalue weighted by molar-refractivity contribution is 6.32. The second kappa shape index (κ2) is 8.07. The number of benzene rings is 1. The molecule has 2 aromatic heterocycles. The van der Waals surface area contributed by atoms with Crippen molar-refractivity contribution in [3.8, 4) is 5.69 Å². The van der Waals surface area contributed by atoms with Crippen LogP contribution in [0.3, 0.4) is 0 Å². The van der Waals surface area contributed by atoms with Gasteiger partial charge in [0.1, 0.15) is 11.8 Å². The normalized spacial score (nSPS) is 12.0. The zero-order valence-electron chi connectivity index (χ0n) is 14.4. The number of amides is 2. The number of aryl methyl sites for hydroxylation is 1. The van der Waals surface area contributed by atoms with Crippen LogP contribution in [-0.4, -0.2) is 29.5 Å². The third-order valence-corrected chi connectivity index (χ3v) is 4.07. The van der Waals surface area contributed by atoms with Crippen LogP contribution in [0.4, 0.5) is 10.6 Å². The number of para-hydroxylation sites is 1. The van der Waals surface area contributed by atoms with E-state index in [1.165, 1.54) is 0 Å². The lowest BCUT2D eigenvalue weighted by molar-refractivity contribution is 0.159. The van der Waals surface area contributed by atoms with E-state index in [0.29, 0.717) is 16.6 Å². The first-order valence-corrected chi connectivity index (χ1v) is 8.37. The Labute approximate surface area is 155 Å². The van der Waals surface area contributed by atoms with Gasteiger partial charge in [-0.3, -0.25) is 5.32 Å². The summed E-state index contributed by atoms with van der Waals surface area (Å²) < 4.78 is 12.1. The fourth-order valence-electron chi connectivity index (χ4n) is 2.50. The number of rotatable bonds is 6. The molecular formula is C18H19ClN4O3. The van der Waals surface area contributed by atoms with Gasteiger partial charge in [0.25, 0.3) is 0 Å². The highest BCUT2D eigenvalue weighted by Crippen LogP contribution is 2.22. The van der Waals surface area contributed by atoms with Crippen LogP contribution < -0.4 is 10.6 Å². The lowest BCUT2D eigenvalue weighted by Crippen LogP contribution is -2.34. The van der Waals surface area contributed by atoms with Crippen LogP contribution in [0.2, 0.25) is 5.02 Å². The molecule has 1 aromatic carbocycles. The maximum atomic E-state index is 12.4. The molecule has 0 spiro atoms. The number of hydrogen-bond donors (Lipinski definition) is 2. The van der Waals surface area contributed by atoms with Crippen LogP contribution in [0.1, 0.15) is 17.4 Å². The van der Waals surface area contributed by atoms with E-state index < -0.39 is 12.1 Å². The quantitative estimate of drug-likeness (QED) is 0.684. The van der Waals surface area contributed by atoms with Crippen molar-refractivity contribution in [2.45, 2.75) is 13.0 Å². The summed E-state index contributed by atoms with van der Waals surface area (Å²) in [6, 6.07) is 10.1. The number of aromatic nitrogens is 2. The molecule has 0 aliphatic carbocycles. The number of hydrogen-bond acceptors (Lipinski definition) is 4. The fraction of sp³-hybridized carbons (Fsp3) is 0.222. The third-order valence-electron chi connectivity index (χ3n) is 3.75. The molecule has 0 saturated carbocycles. The molecule has 0 bridgehead atoms. The van der Waals surface area contributed by atoms with E-state index in [1.807, 2.05) is 25.1 Å². The van der Waals surface area contributed by atoms with Crippen LogP contribution in [0, 0.1) is 6.92 Å². The Balaban J connectivity index is 1.72. The molecule has 2 N–H and O–H groups in total. The maximum Gasteiger partial charge on any atom is 0.321 e.